The first kappa shape index (κ1) is 14.5. The number of carbonyl (C=O) groups excluding carboxylic acids is 2. The largest absolute Gasteiger partial charge is 0.350 e. The Morgan fingerprint density at radius 1 is 1.29 bits per heavy atom. The number of nitrogens with one attached hydrogen (secondary N) is 1. The van der Waals surface area contributed by atoms with Crippen LogP contribution < -0.4 is 0 Å². The number of thiophene rings is 1. The van der Waals surface area contributed by atoms with Gasteiger partial charge < -0.3 is 14.8 Å². The van der Waals surface area contributed by atoms with Crippen LogP contribution in [-0.4, -0.2) is 52.3 Å². The monoisotopic (exact) mass is 343 g/mol. The van der Waals surface area contributed by atoms with Gasteiger partial charge in [-0.25, -0.2) is 0 Å². The Labute approximate surface area is 144 Å². The molecule has 0 aliphatic carbocycles. The van der Waals surface area contributed by atoms with Crippen LogP contribution in [0.15, 0.2) is 17.5 Å². The highest BCUT2D eigenvalue weighted by Crippen LogP contribution is 2.38. The molecule has 0 radical (unpaired) electrons. The van der Waals surface area contributed by atoms with Gasteiger partial charge in [-0.05, 0) is 48.6 Å². The van der Waals surface area contributed by atoms with Crippen LogP contribution in [0.25, 0.3) is 10.2 Å². The summed E-state index contributed by atoms with van der Waals surface area (Å²) in [6.07, 6.45) is 3.97. The molecule has 0 aromatic carbocycles. The summed E-state index contributed by atoms with van der Waals surface area (Å²) in [5, 5.41) is 2.04. The molecule has 126 valence electrons. The number of rotatable bonds is 1. The minimum atomic E-state index is 0.115. The molecule has 2 aromatic heterocycles. The zero-order chi connectivity index (χ0) is 16.3. The standard InChI is InChI=1S/C18H21N3O2S/c22-17-3-1-2-15-12-6-11(9-21(15)17)8-20(10-12)18(23)14-7-16-13(19-14)4-5-24-16/h4-5,7,11-12,15,19H,1-3,6,8-10H2/t11?,12?,15-/m0/s1. The third kappa shape index (κ3) is 2.19. The molecule has 2 unspecified atom stereocenters. The van der Waals surface area contributed by atoms with E-state index in [2.05, 4.69) is 9.88 Å². The molecule has 0 saturated carbocycles. The number of nitrogens with zero attached hydrogens (tertiary/aromatic N) is 2. The van der Waals surface area contributed by atoms with E-state index >= 15 is 0 Å². The Bertz CT molecular complexity index is 782. The van der Waals surface area contributed by atoms with Gasteiger partial charge in [-0.15, -0.1) is 11.3 Å². The minimum Gasteiger partial charge on any atom is -0.350 e. The summed E-state index contributed by atoms with van der Waals surface area (Å²) in [4.78, 5) is 32.5. The molecule has 5 nitrogen and oxygen atoms in total. The molecule has 0 spiro atoms. The second-order valence-corrected chi connectivity index (χ2v) is 8.41. The predicted octanol–water partition coefficient (Wildman–Crippen LogP) is 2.70. The van der Waals surface area contributed by atoms with Gasteiger partial charge in [0.15, 0.2) is 0 Å². The van der Waals surface area contributed by atoms with Crippen molar-refractivity contribution in [2.75, 3.05) is 19.6 Å². The second-order valence-electron chi connectivity index (χ2n) is 7.46. The summed E-state index contributed by atoms with van der Waals surface area (Å²) < 4.78 is 1.14. The fraction of sp³-hybridized carbons (Fsp3) is 0.556. The lowest BCUT2D eigenvalue weighted by molar-refractivity contribution is -0.144. The van der Waals surface area contributed by atoms with Crippen molar-refractivity contribution in [1.29, 1.82) is 0 Å². The number of hydrogen-bond donors (Lipinski definition) is 1. The van der Waals surface area contributed by atoms with E-state index in [4.69, 9.17) is 0 Å². The number of piperidine rings is 3. The van der Waals surface area contributed by atoms with Crippen LogP contribution in [0.4, 0.5) is 0 Å². The molecule has 2 amide bonds. The van der Waals surface area contributed by atoms with Crippen LogP contribution in [0.3, 0.4) is 0 Å². The molecule has 3 aliphatic heterocycles. The highest BCUT2D eigenvalue weighted by Gasteiger charge is 2.44. The highest BCUT2D eigenvalue weighted by atomic mass is 32.1. The van der Waals surface area contributed by atoms with Gasteiger partial charge >= 0.3 is 0 Å². The number of aromatic nitrogens is 1. The highest BCUT2D eigenvalue weighted by molar-refractivity contribution is 7.17. The van der Waals surface area contributed by atoms with Crippen LogP contribution in [0.1, 0.15) is 36.2 Å². The Hall–Kier alpha value is -1.82. The quantitative estimate of drug-likeness (QED) is 0.865. The van der Waals surface area contributed by atoms with E-state index in [9.17, 15) is 9.59 Å². The number of aromatic amines is 1. The number of H-pyrrole nitrogens is 1. The maximum atomic E-state index is 12.9. The fourth-order valence-corrected chi connectivity index (χ4v) is 5.69. The van der Waals surface area contributed by atoms with Crippen molar-refractivity contribution < 1.29 is 9.59 Å². The first-order valence-electron chi connectivity index (χ1n) is 8.84. The summed E-state index contributed by atoms with van der Waals surface area (Å²) in [6, 6.07) is 4.35. The smallest absolute Gasteiger partial charge is 0.270 e. The predicted molar refractivity (Wildman–Crippen MR) is 93.0 cm³/mol. The number of fused-ring (bicyclic) bond motifs is 5. The average Bonchev–Trinajstić information content (AvgIpc) is 3.17. The number of carbonyl (C=O) groups is 2. The Balaban J connectivity index is 1.38. The normalized spacial score (nSPS) is 29.8. The molecular weight excluding hydrogens is 322 g/mol. The van der Waals surface area contributed by atoms with Crippen LogP contribution in [0, 0.1) is 11.8 Å². The third-order valence-corrected chi connectivity index (χ3v) is 6.80. The summed E-state index contributed by atoms with van der Waals surface area (Å²) in [5.74, 6) is 1.32. The molecular formula is C18H21N3O2S. The average molecular weight is 343 g/mol. The minimum absolute atomic E-state index is 0.115. The maximum absolute atomic E-state index is 12.9. The third-order valence-electron chi connectivity index (χ3n) is 5.94. The van der Waals surface area contributed by atoms with Gasteiger partial charge in [0.1, 0.15) is 5.69 Å². The summed E-state index contributed by atoms with van der Waals surface area (Å²) in [6.45, 7) is 2.40. The van der Waals surface area contributed by atoms with Crippen molar-refractivity contribution >= 4 is 33.4 Å². The lowest BCUT2D eigenvalue weighted by Gasteiger charge is -2.52. The van der Waals surface area contributed by atoms with Crippen molar-refractivity contribution in [3.8, 4) is 0 Å². The van der Waals surface area contributed by atoms with E-state index in [1.165, 1.54) is 0 Å². The second kappa shape index (κ2) is 5.34. The molecule has 1 N–H and O–H groups in total. The Kier molecular flexibility index (Phi) is 3.23. The lowest BCUT2D eigenvalue weighted by Crippen LogP contribution is -2.61. The number of likely N-dealkylation sites (tertiary alicyclic amines) is 1. The summed E-state index contributed by atoms with van der Waals surface area (Å²) in [7, 11) is 0. The van der Waals surface area contributed by atoms with Crippen LogP contribution in [0.5, 0.6) is 0 Å². The van der Waals surface area contributed by atoms with Gasteiger partial charge in [-0.3, -0.25) is 9.59 Å². The maximum Gasteiger partial charge on any atom is 0.270 e. The summed E-state index contributed by atoms with van der Waals surface area (Å²) in [5.41, 5.74) is 1.75. The van der Waals surface area contributed by atoms with Crippen molar-refractivity contribution in [3.63, 3.8) is 0 Å². The van der Waals surface area contributed by atoms with Gasteiger partial charge in [0.25, 0.3) is 5.91 Å². The first-order chi connectivity index (χ1) is 11.7. The van der Waals surface area contributed by atoms with Gasteiger partial charge in [-0.1, -0.05) is 0 Å². The van der Waals surface area contributed by atoms with Gasteiger partial charge in [0, 0.05) is 32.1 Å². The molecule has 5 rings (SSSR count). The van der Waals surface area contributed by atoms with E-state index in [1.807, 2.05) is 22.4 Å². The van der Waals surface area contributed by atoms with E-state index in [1.54, 1.807) is 11.3 Å². The van der Waals surface area contributed by atoms with E-state index in [0.717, 1.165) is 49.1 Å². The number of amides is 2. The Morgan fingerprint density at radius 2 is 2.21 bits per heavy atom. The van der Waals surface area contributed by atoms with Crippen LogP contribution in [-0.2, 0) is 4.79 Å². The molecule has 2 bridgehead atoms. The fourth-order valence-electron chi connectivity index (χ4n) is 4.91. The topological polar surface area (TPSA) is 56.4 Å². The Morgan fingerprint density at radius 3 is 3.08 bits per heavy atom. The van der Waals surface area contributed by atoms with Crippen molar-refractivity contribution in [3.05, 3.63) is 23.2 Å². The van der Waals surface area contributed by atoms with Gasteiger partial charge in [-0.2, -0.15) is 0 Å². The summed E-state index contributed by atoms with van der Waals surface area (Å²) >= 11 is 1.66. The van der Waals surface area contributed by atoms with Crippen molar-refractivity contribution in [2.45, 2.75) is 31.7 Å². The van der Waals surface area contributed by atoms with Gasteiger partial charge in [0.05, 0.1) is 10.2 Å². The first-order valence-corrected chi connectivity index (χ1v) is 9.72. The zero-order valence-corrected chi connectivity index (χ0v) is 14.3. The van der Waals surface area contributed by atoms with Crippen molar-refractivity contribution in [2.24, 2.45) is 11.8 Å². The van der Waals surface area contributed by atoms with Crippen molar-refractivity contribution in [1.82, 2.24) is 14.8 Å². The molecule has 3 saturated heterocycles. The molecule has 3 aliphatic rings. The molecule has 5 heterocycles. The van der Waals surface area contributed by atoms with Gasteiger partial charge in [0.2, 0.25) is 5.91 Å². The lowest BCUT2D eigenvalue weighted by atomic mass is 9.76. The molecule has 6 heteroatoms. The number of hydrogen-bond acceptors (Lipinski definition) is 3. The van der Waals surface area contributed by atoms with E-state index < -0.39 is 0 Å². The van der Waals surface area contributed by atoms with E-state index in [0.29, 0.717) is 35.9 Å². The van der Waals surface area contributed by atoms with Crippen LogP contribution >= 0.6 is 11.3 Å². The van der Waals surface area contributed by atoms with Crippen LogP contribution in [0.2, 0.25) is 0 Å². The molecule has 3 atom stereocenters. The zero-order valence-electron chi connectivity index (χ0n) is 13.5. The molecule has 2 aromatic rings. The molecule has 24 heavy (non-hydrogen) atoms. The molecule has 3 fully saturated rings. The SMILES string of the molecule is O=C(c1cc2sccc2[nH]1)N1CC2CC(C1)[C@@H]1CCCC(=O)N1C2. The van der Waals surface area contributed by atoms with E-state index in [-0.39, 0.29) is 5.91 Å².